The summed E-state index contributed by atoms with van der Waals surface area (Å²) in [6.45, 7) is -0.543. The van der Waals surface area contributed by atoms with Crippen LogP contribution in [0.15, 0.2) is 12.5 Å². The van der Waals surface area contributed by atoms with E-state index in [1.807, 2.05) is 0 Å². The Balaban J connectivity index is 2.94. The number of carbonyl (C=O) groups is 5. The van der Waals surface area contributed by atoms with Crippen LogP contribution in [0.4, 0.5) is 0 Å². The van der Waals surface area contributed by atoms with E-state index in [1.165, 1.54) is 12.5 Å². The van der Waals surface area contributed by atoms with Gasteiger partial charge in [0.15, 0.2) is 0 Å². The van der Waals surface area contributed by atoms with Crippen molar-refractivity contribution in [2.75, 3.05) is 13.2 Å². The monoisotopic (exact) mass is 499 g/mol. The average molecular weight is 500 g/mol. The van der Waals surface area contributed by atoms with Gasteiger partial charge in [0, 0.05) is 24.7 Å². The van der Waals surface area contributed by atoms with Crippen LogP contribution < -0.4 is 27.4 Å². The molecule has 4 atom stereocenters. The maximum Gasteiger partial charge on any atom is 0.328 e. The Hall–Kier alpha value is -3.56. The second kappa shape index (κ2) is 15.4. The number of aliphatic hydroxyl groups excluding tert-OH is 1. The summed E-state index contributed by atoms with van der Waals surface area (Å²) < 4.78 is 0. The average Bonchev–Trinajstić information content (AvgIpc) is 3.31. The van der Waals surface area contributed by atoms with Crippen LogP contribution in [0.1, 0.15) is 37.8 Å². The number of carboxylic acids is 2. The third kappa shape index (κ3) is 10.9. The van der Waals surface area contributed by atoms with Crippen molar-refractivity contribution in [3.63, 3.8) is 0 Å². The van der Waals surface area contributed by atoms with Gasteiger partial charge >= 0.3 is 11.9 Å². The van der Waals surface area contributed by atoms with Crippen molar-refractivity contribution < 1.29 is 39.3 Å². The molecule has 15 nitrogen and oxygen atoms in total. The Morgan fingerprint density at radius 3 is 2.06 bits per heavy atom. The number of nitrogens with two attached hydrogens (primary N) is 2. The van der Waals surface area contributed by atoms with Gasteiger partial charge in [-0.2, -0.15) is 0 Å². The molecule has 0 aliphatic heterocycles. The van der Waals surface area contributed by atoms with E-state index in [9.17, 15) is 24.0 Å². The van der Waals surface area contributed by atoms with Gasteiger partial charge in [0.1, 0.15) is 18.1 Å². The van der Waals surface area contributed by atoms with Crippen molar-refractivity contribution >= 4 is 29.7 Å². The number of unbranched alkanes of at least 4 members (excludes halogenated alkanes) is 1. The summed E-state index contributed by atoms with van der Waals surface area (Å²) >= 11 is 0. The molecule has 1 heterocycles. The lowest BCUT2D eigenvalue weighted by atomic mass is 10.0. The van der Waals surface area contributed by atoms with Gasteiger partial charge in [-0.1, -0.05) is 0 Å². The van der Waals surface area contributed by atoms with Crippen LogP contribution in [0.3, 0.4) is 0 Å². The number of aliphatic carboxylic acids is 2. The highest BCUT2D eigenvalue weighted by molar-refractivity contribution is 5.94. The van der Waals surface area contributed by atoms with Crippen molar-refractivity contribution in [2.45, 2.75) is 62.7 Å². The van der Waals surface area contributed by atoms with Crippen LogP contribution >= 0.6 is 0 Å². The molecule has 196 valence electrons. The van der Waals surface area contributed by atoms with Gasteiger partial charge in [0.2, 0.25) is 17.7 Å². The Kier molecular flexibility index (Phi) is 12.9. The summed E-state index contributed by atoms with van der Waals surface area (Å²) in [6.07, 6.45) is 3.25. The van der Waals surface area contributed by atoms with Crippen molar-refractivity contribution in [1.82, 2.24) is 25.9 Å². The first-order valence-corrected chi connectivity index (χ1v) is 11.0. The number of aromatic amines is 1. The Labute approximate surface area is 201 Å². The molecule has 0 bridgehead atoms. The third-order valence-electron chi connectivity index (χ3n) is 4.99. The van der Waals surface area contributed by atoms with E-state index < -0.39 is 66.9 Å². The molecular formula is C20H33N7O8. The van der Waals surface area contributed by atoms with Gasteiger partial charge in [0.05, 0.1) is 19.0 Å². The summed E-state index contributed by atoms with van der Waals surface area (Å²) in [6, 6.07) is -5.20. The normalized spacial score (nSPS) is 14.3. The predicted octanol–water partition coefficient (Wildman–Crippen LogP) is -3.20. The van der Waals surface area contributed by atoms with Gasteiger partial charge < -0.3 is 47.7 Å². The standard InChI is InChI=1S/C20H33N7O8/c21-6-2-1-3-13(18(32)27-15(9-28)20(34)35)26-19(33)14(4-5-16(29)30)25-17(31)12(22)7-11-8-23-10-24-11/h8,10,12-15,28H,1-7,9,21-22H2,(H,23,24)(H,25,31)(H,26,33)(H,27,32)(H,29,30)(H,34,35). The molecule has 1 aromatic heterocycles. The number of aliphatic hydroxyl groups is 1. The second-order valence-electron chi connectivity index (χ2n) is 7.81. The van der Waals surface area contributed by atoms with E-state index in [0.717, 1.165) is 0 Å². The van der Waals surface area contributed by atoms with Gasteiger partial charge in [0.25, 0.3) is 0 Å². The van der Waals surface area contributed by atoms with Gasteiger partial charge in [-0.25, -0.2) is 9.78 Å². The molecule has 4 unspecified atom stereocenters. The number of H-pyrrole nitrogens is 1. The number of carboxylic acid groups (broad SMARTS) is 2. The maximum absolute atomic E-state index is 12.9. The zero-order chi connectivity index (χ0) is 26.4. The molecular weight excluding hydrogens is 466 g/mol. The van der Waals surface area contributed by atoms with Crippen LogP contribution in [0.2, 0.25) is 0 Å². The summed E-state index contributed by atoms with van der Waals surface area (Å²) in [4.78, 5) is 66.8. The Morgan fingerprint density at radius 1 is 0.943 bits per heavy atom. The lowest BCUT2D eigenvalue weighted by molar-refractivity contribution is -0.143. The summed E-state index contributed by atoms with van der Waals surface area (Å²) in [7, 11) is 0. The molecule has 0 aliphatic rings. The molecule has 0 aromatic carbocycles. The van der Waals surface area contributed by atoms with Crippen molar-refractivity contribution in [2.24, 2.45) is 11.5 Å². The minimum Gasteiger partial charge on any atom is -0.481 e. The summed E-state index contributed by atoms with van der Waals surface area (Å²) in [5.74, 6) is -5.11. The number of imidazole rings is 1. The molecule has 11 N–H and O–H groups in total. The first-order chi connectivity index (χ1) is 16.6. The lowest BCUT2D eigenvalue weighted by Gasteiger charge is -2.25. The van der Waals surface area contributed by atoms with Crippen molar-refractivity contribution in [3.05, 3.63) is 18.2 Å². The predicted molar refractivity (Wildman–Crippen MR) is 121 cm³/mol. The molecule has 35 heavy (non-hydrogen) atoms. The second-order valence-corrected chi connectivity index (χ2v) is 7.81. The summed E-state index contributed by atoms with van der Waals surface area (Å²) in [5.41, 5.74) is 11.9. The molecule has 3 amide bonds. The van der Waals surface area contributed by atoms with Crippen LogP contribution in [-0.4, -0.2) is 92.3 Å². The van der Waals surface area contributed by atoms with Gasteiger partial charge in [-0.15, -0.1) is 0 Å². The largest absolute Gasteiger partial charge is 0.481 e. The molecule has 0 spiro atoms. The van der Waals surface area contributed by atoms with Crippen LogP contribution in [0.25, 0.3) is 0 Å². The molecule has 0 aliphatic carbocycles. The van der Waals surface area contributed by atoms with E-state index in [-0.39, 0.29) is 19.3 Å². The van der Waals surface area contributed by atoms with E-state index in [1.54, 1.807) is 0 Å². The number of amides is 3. The topological polar surface area (TPSA) is 263 Å². The smallest absolute Gasteiger partial charge is 0.328 e. The van der Waals surface area contributed by atoms with Crippen LogP contribution in [-0.2, 0) is 30.4 Å². The minimum atomic E-state index is -1.58. The Bertz CT molecular complexity index is 849. The third-order valence-corrected chi connectivity index (χ3v) is 4.99. The minimum absolute atomic E-state index is 0.0843. The maximum atomic E-state index is 12.9. The van der Waals surface area contributed by atoms with Crippen LogP contribution in [0, 0.1) is 0 Å². The SMILES string of the molecule is NCCCCC(NC(=O)C(CCC(=O)O)NC(=O)C(N)Cc1cnc[nH]1)C(=O)NC(CO)C(=O)O. The van der Waals surface area contributed by atoms with Gasteiger partial charge in [-0.05, 0) is 32.2 Å². The zero-order valence-corrected chi connectivity index (χ0v) is 19.1. The number of aromatic nitrogens is 2. The highest BCUT2D eigenvalue weighted by atomic mass is 16.4. The lowest BCUT2D eigenvalue weighted by Crippen LogP contribution is -2.57. The first-order valence-electron chi connectivity index (χ1n) is 11.0. The van der Waals surface area contributed by atoms with E-state index in [2.05, 4.69) is 25.9 Å². The highest BCUT2D eigenvalue weighted by Crippen LogP contribution is 2.06. The number of nitrogens with one attached hydrogen (secondary N) is 4. The van der Waals surface area contributed by atoms with E-state index in [0.29, 0.717) is 25.1 Å². The van der Waals surface area contributed by atoms with E-state index in [4.69, 9.17) is 26.8 Å². The highest BCUT2D eigenvalue weighted by Gasteiger charge is 2.30. The van der Waals surface area contributed by atoms with E-state index >= 15 is 0 Å². The van der Waals surface area contributed by atoms with Crippen molar-refractivity contribution in [1.29, 1.82) is 0 Å². The fraction of sp³-hybridized carbons (Fsp3) is 0.600. The van der Waals surface area contributed by atoms with Gasteiger partial charge in [-0.3, -0.25) is 19.2 Å². The molecule has 1 aromatic rings. The molecule has 0 saturated carbocycles. The molecule has 0 fully saturated rings. The molecule has 0 saturated heterocycles. The quantitative estimate of drug-likeness (QED) is 0.0963. The molecule has 15 heteroatoms. The number of hydrogen-bond acceptors (Lipinski definition) is 9. The number of nitrogens with zero attached hydrogens (tertiary/aromatic N) is 1. The summed E-state index contributed by atoms with van der Waals surface area (Å²) in [5, 5.41) is 34.2. The Morgan fingerprint density at radius 2 is 1.54 bits per heavy atom. The fourth-order valence-electron chi connectivity index (χ4n) is 3.03. The molecule has 1 rings (SSSR count). The number of hydrogen-bond donors (Lipinski definition) is 9. The number of carbonyl (C=O) groups excluding carboxylic acids is 3. The molecule has 0 radical (unpaired) electrons. The first kappa shape index (κ1) is 29.5. The number of rotatable bonds is 17. The fourth-order valence-corrected chi connectivity index (χ4v) is 3.03. The zero-order valence-electron chi connectivity index (χ0n) is 19.1. The van der Waals surface area contributed by atoms with Crippen LogP contribution in [0.5, 0.6) is 0 Å². The van der Waals surface area contributed by atoms with Crippen molar-refractivity contribution in [3.8, 4) is 0 Å².